The first-order valence-electron chi connectivity index (χ1n) is 6.11. The van der Waals surface area contributed by atoms with Gasteiger partial charge in [-0.15, -0.1) is 0 Å². The van der Waals surface area contributed by atoms with E-state index in [-0.39, 0.29) is 11.1 Å². The Balaban J connectivity index is 2.36. The summed E-state index contributed by atoms with van der Waals surface area (Å²) < 4.78 is 19.9. The van der Waals surface area contributed by atoms with Crippen LogP contribution in [0, 0.1) is 5.82 Å². The van der Waals surface area contributed by atoms with Crippen LogP contribution in [0.1, 0.15) is 18.5 Å². The van der Waals surface area contributed by atoms with Crippen LogP contribution in [-0.4, -0.2) is 7.05 Å². The van der Waals surface area contributed by atoms with E-state index < -0.39 is 5.82 Å². The summed E-state index contributed by atoms with van der Waals surface area (Å²) >= 11 is 9.18. The van der Waals surface area contributed by atoms with Crippen molar-refractivity contribution in [1.82, 2.24) is 5.32 Å². The molecular formula is C15H14BrClFNO. The van der Waals surface area contributed by atoms with Crippen LogP contribution in [0.2, 0.25) is 5.02 Å². The maximum absolute atomic E-state index is 13.2. The molecule has 20 heavy (non-hydrogen) atoms. The molecular weight excluding hydrogens is 345 g/mol. The van der Waals surface area contributed by atoms with Crippen molar-refractivity contribution >= 4 is 27.5 Å². The number of hydrogen-bond donors (Lipinski definition) is 1. The van der Waals surface area contributed by atoms with Crippen molar-refractivity contribution in [2.45, 2.75) is 13.0 Å². The fraction of sp³-hybridized carbons (Fsp3) is 0.200. The second-order valence-electron chi connectivity index (χ2n) is 4.37. The summed E-state index contributed by atoms with van der Waals surface area (Å²) in [5.74, 6) is 0.736. The van der Waals surface area contributed by atoms with E-state index in [1.165, 1.54) is 12.1 Å². The average Bonchev–Trinajstić information content (AvgIpc) is 2.42. The Morgan fingerprint density at radius 3 is 2.65 bits per heavy atom. The molecule has 0 aliphatic carbocycles. The van der Waals surface area contributed by atoms with Gasteiger partial charge in [0.1, 0.15) is 17.3 Å². The van der Waals surface area contributed by atoms with Crippen LogP contribution >= 0.6 is 27.5 Å². The number of ether oxygens (including phenoxy) is 1. The average molecular weight is 359 g/mol. The lowest BCUT2D eigenvalue weighted by Crippen LogP contribution is -2.13. The van der Waals surface area contributed by atoms with Gasteiger partial charge in [-0.25, -0.2) is 4.39 Å². The summed E-state index contributed by atoms with van der Waals surface area (Å²) in [5, 5.41) is 3.21. The summed E-state index contributed by atoms with van der Waals surface area (Å²) in [6.07, 6.45) is 0. The maximum atomic E-state index is 13.2. The van der Waals surface area contributed by atoms with Crippen molar-refractivity contribution in [3.63, 3.8) is 0 Å². The monoisotopic (exact) mass is 357 g/mol. The zero-order chi connectivity index (χ0) is 14.7. The number of nitrogens with one attached hydrogen (secondary N) is 1. The molecule has 2 rings (SSSR count). The van der Waals surface area contributed by atoms with Crippen LogP contribution in [0.5, 0.6) is 11.5 Å². The quantitative estimate of drug-likeness (QED) is 0.799. The summed E-state index contributed by atoms with van der Waals surface area (Å²) in [5.41, 5.74) is 1.01. The second-order valence-corrected chi connectivity index (χ2v) is 5.69. The van der Waals surface area contributed by atoms with Gasteiger partial charge in [0, 0.05) is 22.1 Å². The van der Waals surface area contributed by atoms with Crippen molar-refractivity contribution in [2.75, 3.05) is 7.05 Å². The molecule has 0 spiro atoms. The molecule has 0 radical (unpaired) electrons. The van der Waals surface area contributed by atoms with Crippen molar-refractivity contribution in [3.05, 3.63) is 57.3 Å². The zero-order valence-electron chi connectivity index (χ0n) is 11.1. The first-order chi connectivity index (χ1) is 9.51. The zero-order valence-corrected chi connectivity index (χ0v) is 13.4. The molecule has 0 fully saturated rings. The number of hydrogen-bond acceptors (Lipinski definition) is 2. The highest BCUT2D eigenvalue weighted by Gasteiger charge is 2.12. The van der Waals surface area contributed by atoms with E-state index in [0.717, 1.165) is 10.0 Å². The van der Waals surface area contributed by atoms with Crippen molar-refractivity contribution in [1.29, 1.82) is 0 Å². The summed E-state index contributed by atoms with van der Waals surface area (Å²) in [6, 6.07) is 10.2. The Kier molecular flexibility index (Phi) is 5.02. The van der Waals surface area contributed by atoms with E-state index in [2.05, 4.69) is 21.2 Å². The molecule has 2 aromatic rings. The second kappa shape index (κ2) is 6.57. The van der Waals surface area contributed by atoms with Gasteiger partial charge in [-0.3, -0.25) is 0 Å². The molecule has 0 bridgehead atoms. The van der Waals surface area contributed by atoms with E-state index in [4.69, 9.17) is 16.3 Å². The standard InChI is InChI=1S/C15H14BrClFNO/c1-9(19-2)12-5-3-10(16)7-15(12)20-11-4-6-14(18)13(17)8-11/h3-9,19H,1-2H3. The van der Waals surface area contributed by atoms with Gasteiger partial charge in [-0.05, 0) is 38.2 Å². The SMILES string of the molecule is CNC(C)c1ccc(Br)cc1Oc1ccc(F)c(Cl)c1. The van der Waals surface area contributed by atoms with Crippen LogP contribution in [-0.2, 0) is 0 Å². The molecule has 2 nitrogen and oxygen atoms in total. The minimum absolute atomic E-state index is 0.0423. The highest BCUT2D eigenvalue weighted by molar-refractivity contribution is 9.10. The predicted octanol–water partition coefficient (Wildman–Crippen LogP) is 5.31. The van der Waals surface area contributed by atoms with E-state index in [1.54, 1.807) is 6.07 Å². The molecule has 5 heteroatoms. The first-order valence-corrected chi connectivity index (χ1v) is 7.28. The first kappa shape index (κ1) is 15.3. The van der Waals surface area contributed by atoms with Gasteiger partial charge in [0.25, 0.3) is 0 Å². The molecule has 0 aliphatic heterocycles. The van der Waals surface area contributed by atoms with Crippen molar-refractivity contribution < 1.29 is 9.13 Å². The topological polar surface area (TPSA) is 21.3 Å². The fourth-order valence-corrected chi connectivity index (χ4v) is 2.29. The lowest BCUT2D eigenvalue weighted by Gasteiger charge is -2.17. The lowest BCUT2D eigenvalue weighted by molar-refractivity contribution is 0.464. The summed E-state index contributed by atoms with van der Waals surface area (Å²) in [4.78, 5) is 0. The van der Waals surface area contributed by atoms with Gasteiger partial charge in [0.05, 0.1) is 5.02 Å². The summed E-state index contributed by atoms with van der Waals surface area (Å²) in [7, 11) is 1.88. The Hall–Kier alpha value is -1.10. The van der Waals surface area contributed by atoms with Crippen LogP contribution in [0.15, 0.2) is 40.9 Å². The number of rotatable bonds is 4. The van der Waals surface area contributed by atoms with Gasteiger partial charge >= 0.3 is 0 Å². The van der Waals surface area contributed by atoms with E-state index in [1.807, 2.05) is 32.2 Å². The van der Waals surface area contributed by atoms with Crippen LogP contribution in [0.3, 0.4) is 0 Å². The molecule has 106 valence electrons. The molecule has 1 unspecified atom stereocenters. The van der Waals surface area contributed by atoms with Crippen LogP contribution in [0.25, 0.3) is 0 Å². The number of halogens is 3. The normalized spacial score (nSPS) is 12.2. The third-order valence-electron chi connectivity index (χ3n) is 2.99. The number of benzene rings is 2. The third-order valence-corrected chi connectivity index (χ3v) is 3.78. The molecule has 2 aromatic carbocycles. The Bertz CT molecular complexity index is 621. The van der Waals surface area contributed by atoms with Crippen molar-refractivity contribution in [3.8, 4) is 11.5 Å². The van der Waals surface area contributed by atoms with Crippen molar-refractivity contribution in [2.24, 2.45) is 0 Å². The molecule has 1 atom stereocenters. The molecule has 0 saturated carbocycles. The van der Waals surface area contributed by atoms with E-state index in [9.17, 15) is 4.39 Å². The predicted molar refractivity (Wildman–Crippen MR) is 83.1 cm³/mol. The Morgan fingerprint density at radius 2 is 2.00 bits per heavy atom. The third kappa shape index (κ3) is 3.51. The van der Waals surface area contributed by atoms with Gasteiger partial charge in [0.15, 0.2) is 0 Å². The maximum Gasteiger partial charge on any atom is 0.142 e. The highest BCUT2D eigenvalue weighted by Crippen LogP contribution is 2.33. The van der Waals surface area contributed by atoms with Gasteiger partial charge in [-0.1, -0.05) is 33.6 Å². The van der Waals surface area contributed by atoms with E-state index in [0.29, 0.717) is 11.5 Å². The molecule has 0 saturated heterocycles. The lowest BCUT2D eigenvalue weighted by atomic mass is 10.1. The minimum Gasteiger partial charge on any atom is -0.457 e. The van der Waals surface area contributed by atoms with Gasteiger partial charge in [-0.2, -0.15) is 0 Å². The Morgan fingerprint density at radius 1 is 1.25 bits per heavy atom. The minimum atomic E-state index is -0.461. The largest absolute Gasteiger partial charge is 0.457 e. The van der Waals surface area contributed by atoms with Gasteiger partial charge in [0.2, 0.25) is 0 Å². The molecule has 0 aliphatic rings. The molecule has 0 amide bonds. The van der Waals surface area contributed by atoms with Crippen LogP contribution in [0.4, 0.5) is 4.39 Å². The smallest absolute Gasteiger partial charge is 0.142 e. The van der Waals surface area contributed by atoms with E-state index >= 15 is 0 Å². The highest BCUT2D eigenvalue weighted by atomic mass is 79.9. The Labute approximate surface area is 131 Å². The molecule has 0 heterocycles. The molecule has 1 N–H and O–H groups in total. The fourth-order valence-electron chi connectivity index (χ4n) is 1.78. The van der Waals surface area contributed by atoms with Crippen LogP contribution < -0.4 is 10.1 Å². The van der Waals surface area contributed by atoms with Gasteiger partial charge < -0.3 is 10.1 Å². The summed E-state index contributed by atoms with van der Waals surface area (Å²) in [6.45, 7) is 2.04. The molecule has 0 aromatic heterocycles.